The van der Waals surface area contributed by atoms with Gasteiger partial charge in [-0.25, -0.2) is 0 Å². The monoisotopic (exact) mass is 251 g/mol. The number of hydrogen-bond donors (Lipinski definition) is 1. The molecule has 0 aromatic carbocycles. The molecular weight excluding hydrogens is 222 g/mol. The summed E-state index contributed by atoms with van der Waals surface area (Å²) in [5.41, 5.74) is 1.19. The lowest BCUT2D eigenvalue weighted by Crippen LogP contribution is -2.59. The Kier molecular flexibility index (Phi) is 3.22. The molecule has 0 radical (unpaired) electrons. The summed E-state index contributed by atoms with van der Waals surface area (Å²) in [6.07, 6.45) is 8.87. The standard InChI is InChI=1S/C16H29NO/c1-4-17-14(10-18-3)16-8-12-5-13(9-16)7-15(2,6-12)11-16/h12-14,17H,4-11H2,1-3H3. The molecule has 4 aliphatic rings. The van der Waals surface area contributed by atoms with Gasteiger partial charge in [-0.3, -0.25) is 0 Å². The first-order valence-electron chi connectivity index (χ1n) is 7.81. The largest absolute Gasteiger partial charge is 0.383 e. The van der Waals surface area contributed by atoms with Crippen LogP contribution in [0.2, 0.25) is 0 Å². The molecule has 4 rings (SSSR count). The lowest BCUT2D eigenvalue weighted by molar-refractivity contribution is -0.125. The minimum atomic E-state index is 0.546. The highest BCUT2D eigenvalue weighted by atomic mass is 16.5. The van der Waals surface area contributed by atoms with Crippen molar-refractivity contribution in [2.24, 2.45) is 22.7 Å². The molecule has 3 atom stereocenters. The summed E-state index contributed by atoms with van der Waals surface area (Å²) in [5, 5.41) is 3.73. The molecule has 4 bridgehead atoms. The molecule has 0 heterocycles. The van der Waals surface area contributed by atoms with Crippen LogP contribution in [-0.4, -0.2) is 26.3 Å². The van der Waals surface area contributed by atoms with Crippen LogP contribution in [0.1, 0.15) is 52.4 Å². The second kappa shape index (κ2) is 4.49. The molecule has 4 aliphatic carbocycles. The van der Waals surface area contributed by atoms with E-state index in [4.69, 9.17) is 4.74 Å². The van der Waals surface area contributed by atoms with E-state index in [1.807, 2.05) is 7.11 Å². The highest BCUT2D eigenvalue weighted by Crippen LogP contribution is 2.66. The van der Waals surface area contributed by atoms with Crippen molar-refractivity contribution in [2.45, 2.75) is 58.4 Å². The first kappa shape index (κ1) is 12.9. The normalized spacial score (nSPS) is 47.5. The molecule has 0 aromatic heterocycles. The molecule has 0 saturated heterocycles. The van der Waals surface area contributed by atoms with Crippen LogP contribution in [0.15, 0.2) is 0 Å². The van der Waals surface area contributed by atoms with Gasteiger partial charge in [0.25, 0.3) is 0 Å². The van der Waals surface area contributed by atoms with E-state index in [-0.39, 0.29) is 0 Å². The predicted octanol–water partition coefficient (Wildman–Crippen LogP) is 3.22. The molecule has 0 aliphatic heterocycles. The minimum absolute atomic E-state index is 0.546. The zero-order chi connectivity index (χ0) is 12.8. The smallest absolute Gasteiger partial charge is 0.0621 e. The molecule has 18 heavy (non-hydrogen) atoms. The van der Waals surface area contributed by atoms with Crippen LogP contribution in [0.25, 0.3) is 0 Å². The summed E-state index contributed by atoms with van der Waals surface area (Å²) in [7, 11) is 1.85. The van der Waals surface area contributed by atoms with Crippen LogP contribution in [0.5, 0.6) is 0 Å². The van der Waals surface area contributed by atoms with Gasteiger partial charge in [-0.1, -0.05) is 13.8 Å². The third kappa shape index (κ3) is 2.02. The Balaban J connectivity index is 1.84. The summed E-state index contributed by atoms with van der Waals surface area (Å²) in [6.45, 7) is 6.74. The van der Waals surface area contributed by atoms with Crippen LogP contribution in [0.4, 0.5) is 0 Å². The summed E-state index contributed by atoms with van der Waals surface area (Å²) in [5.74, 6) is 2.02. The molecule has 4 fully saturated rings. The van der Waals surface area contributed by atoms with Crippen molar-refractivity contribution in [2.75, 3.05) is 20.3 Å². The van der Waals surface area contributed by atoms with Gasteiger partial charge in [0.1, 0.15) is 0 Å². The lowest BCUT2D eigenvalue weighted by Gasteiger charge is -2.63. The number of likely N-dealkylation sites (N-methyl/N-ethyl adjacent to an activating group) is 1. The van der Waals surface area contributed by atoms with Crippen molar-refractivity contribution in [3.8, 4) is 0 Å². The van der Waals surface area contributed by atoms with Crippen molar-refractivity contribution in [3.63, 3.8) is 0 Å². The van der Waals surface area contributed by atoms with E-state index >= 15 is 0 Å². The van der Waals surface area contributed by atoms with Crippen molar-refractivity contribution in [1.82, 2.24) is 5.32 Å². The van der Waals surface area contributed by atoms with Gasteiger partial charge in [0.2, 0.25) is 0 Å². The summed E-state index contributed by atoms with van der Waals surface area (Å²) >= 11 is 0. The Morgan fingerprint density at radius 3 is 2.39 bits per heavy atom. The quantitative estimate of drug-likeness (QED) is 0.810. The second-order valence-electron chi connectivity index (χ2n) is 7.70. The molecule has 0 amide bonds. The third-order valence-corrected chi connectivity index (χ3v) is 5.92. The van der Waals surface area contributed by atoms with Gasteiger partial charge >= 0.3 is 0 Å². The van der Waals surface area contributed by atoms with Crippen LogP contribution in [-0.2, 0) is 4.74 Å². The number of hydrogen-bond acceptors (Lipinski definition) is 2. The van der Waals surface area contributed by atoms with Crippen molar-refractivity contribution < 1.29 is 4.74 Å². The molecule has 1 N–H and O–H groups in total. The van der Waals surface area contributed by atoms with Crippen LogP contribution in [0, 0.1) is 22.7 Å². The molecule has 2 nitrogen and oxygen atoms in total. The number of nitrogens with one attached hydrogen (secondary N) is 1. The fourth-order valence-electron chi connectivity index (χ4n) is 6.07. The number of methoxy groups -OCH3 is 1. The van der Waals surface area contributed by atoms with E-state index in [9.17, 15) is 0 Å². The topological polar surface area (TPSA) is 21.3 Å². The predicted molar refractivity (Wildman–Crippen MR) is 74.6 cm³/mol. The maximum atomic E-state index is 5.52. The SMILES string of the molecule is CCNC(COC)C12CC3CC(CC(C)(C3)C1)C2. The van der Waals surface area contributed by atoms with Gasteiger partial charge in [0.15, 0.2) is 0 Å². The van der Waals surface area contributed by atoms with Crippen molar-refractivity contribution in [3.05, 3.63) is 0 Å². The maximum absolute atomic E-state index is 5.52. The summed E-state index contributed by atoms with van der Waals surface area (Å²) in [6, 6.07) is 0.581. The van der Waals surface area contributed by atoms with Gasteiger partial charge in [0.05, 0.1) is 6.61 Å². The molecule has 0 spiro atoms. The highest BCUT2D eigenvalue weighted by Gasteiger charge is 2.58. The lowest BCUT2D eigenvalue weighted by atomic mass is 9.43. The molecular formula is C16H29NO. The average molecular weight is 251 g/mol. The average Bonchev–Trinajstić information content (AvgIpc) is 2.25. The maximum Gasteiger partial charge on any atom is 0.0621 e. The molecule has 0 aromatic rings. The fraction of sp³-hybridized carbons (Fsp3) is 1.00. The molecule has 2 heteroatoms. The van der Waals surface area contributed by atoms with E-state index in [1.54, 1.807) is 0 Å². The van der Waals surface area contributed by atoms with Gasteiger partial charge in [-0.2, -0.15) is 0 Å². The summed E-state index contributed by atoms with van der Waals surface area (Å²) < 4.78 is 5.52. The Bertz CT molecular complexity index is 294. The zero-order valence-corrected chi connectivity index (χ0v) is 12.3. The first-order valence-corrected chi connectivity index (χ1v) is 7.81. The Morgan fingerprint density at radius 1 is 1.22 bits per heavy atom. The molecule has 104 valence electrons. The minimum Gasteiger partial charge on any atom is -0.383 e. The van der Waals surface area contributed by atoms with E-state index in [2.05, 4.69) is 19.2 Å². The van der Waals surface area contributed by atoms with E-state index in [0.29, 0.717) is 16.9 Å². The van der Waals surface area contributed by atoms with E-state index in [1.165, 1.54) is 38.5 Å². The van der Waals surface area contributed by atoms with Gasteiger partial charge in [-0.15, -0.1) is 0 Å². The second-order valence-corrected chi connectivity index (χ2v) is 7.70. The fourth-order valence-corrected chi connectivity index (χ4v) is 6.07. The Hall–Kier alpha value is -0.0800. The Morgan fingerprint density at radius 2 is 1.89 bits per heavy atom. The number of ether oxygens (including phenoxy) is 1. The first-order chi connectivity index (χ1) is 8.59. The van der Waals surface area contributed by atoms with Crippen LogP contribution in [0.3, 0.4) is 0 Å². The van der Waals surface area contributed by atoms with Gasteiger partial charge < -0.3 is 10.1 Å². The van der Waals surface area contributed by atoms with Gasteiger partial charge in [0, 0.05) is 13.2 Å². The third-order valence-electron chi connectivity index (χ3n) is 5.92. The zero-order valence-electron chi connectivity index (χ0n) is 12.3. The summed E-state index contributed by atoms with van der Waals surface area (Å²) in [4.78, 5) is 0. The van der Waals surface area contributed by atoms with Crippen molar-refractivity contribution >= 4 is 0 Å². The number of rotatable bonds is 5. The van der Waals surface area contributed by atoms with E-state index in [0.717, 1.165) is 25.0 Å². The van der Waals surface area contributed by atoms with Gasteiger partial charge in [-0.05, 0) is 67.7 Å². The Labute approximate surface area is 112 Å². The molecule has 4 saturated carbocycles. The van der Waals surface area contributed by atoms with Crippen LogP contribution < -0.4 is 5.32 Å². The molecule has 3 unspecified atom stereocenters. The van der Waals surface area contributed by atoms with Crippen molar-refractivity contribution in [1.29, 1.82) is 0 Å². The van der Waals surface area contributed by atoms with E-state index < -0.39 is 0 Å². The highest BCUT2D eigenvalue weighted by molar-refractivity contribution is 5.09. The van der Waals surface area contributed by atoms with Crippen LogP contribution >= 0.6 is 0 Å².